The van der Waals surface area contributed by atoms with E-state index >= 15 is 0 Å². The monoisotopic (exact) mass is 323 g/mol. The summed E-state index contributed by atoms with van der Waals surface area (Å²) < 4.78 is 10.3. The molecule has 0 radical (unpaired) electrons. The van der Waals surface area contributed by atoms with E-state index in [1.54, 1.807) is 25.1 Å². The first kappa shape index (κ1) is 18.8. The largest absolute Gasteiger partial charge is 0.497 e. The fraction of sp³-hybridized carbons (Fsp3) is 0.500. The van der Waals surface area contributed by atoms with Crippen LogP contribution in [0.5, 0.6) is 11.5 Å². The predicted octanol–water partition coefficient (Wildman–Crippen LogP) is 1.28. The number of amides is 2. The van der Waals surface area contributed by atoms with Gasteiger partial charge in [0.2, 0.25) is 11.8 Å². The van der Waals surface area contributed by atoms with Crippen LogP contribution in [-0.4, -0.2) is 38.1 Å². The van der Waals surface area contributed by atoms with Crippen LogP contribution in [0, 0.1) is 0 Å². The molecule has 128 valence electrons. The van der Waals surface area contributed by atoms with Crippen LogP contribution in [0.3, 0.4) is 0 Å². The highest BCUT2D eigenvalue weighted by atomic mass is 16.5. The van der Waals surface area contributed by atoms with Gasteiger partial charge >= 0.3 is 0 Å². The molecule has 4 N–H and O–H groups in total. The molecule has 1 aromatic rings. The van der Waals surface area contributed by atoms with Crippen molar-refractivity contribution in [1.29, 1.82) is 0 Å². The Bertz CT molecular complexity index is 536. The highest BCUT2D eigenvalue weighted by Crippen LogP contribution is 2.25. The third-order valence-corrected chi connectivity index (χ3v) is 3.33. The minimum Gasteiger partial charge on any atom is -0.497 e. The van der Waals surface area contributed by atoms with Crippen LogP contribution >= 0.6 is 0 Å². The summed E-state index contributed by atoms with van der Waals surface area (Å²) >= 11 is 0. The highest BCUT2D eigenvalue weighted by Gasteiger charge is 2.27. The van der Waals surface area contributed by atoms with Crippen LogP contribution in [0.2, 0.25) is 0 Å². The first-order valence-electron chi connectivity index (χ1n) is 7.42. The van der Waals surface area contributed by atoms with Gasteiger partial charge in [-0.1, -0.05) is 13.3 Å². The van der Waals surface area contributed by atoms with Crippen molar-refractivity contribution in [1.82, 2.24) is 5.32 Å². The third kappa shape index (κ3) is 5.78. The first-order chi connectivity index (χ1) is 10.8. The maximum atomic E-state index is 12.0. The average molecular weight is 323 g/mol. The quantitative estimate of drug-likeness (QED) is 0.669. The molecule has 0 aromatic heterocycles. The Balaban J connectivity index is 2.62. The van der Waals surface area contributed by atoms with Gasteiger partial charge in [-0.2, -0.15) is 0 Å². The number of nitrogens with two attached hydrogens (primary N) is 1. The molecule has 1 unspecified atom stereocenters. The first-order valence-corrected chi connectivity index (χ1v) is 7.42. The molecule has 7 heteroatoms. The molecule has 7 nitrogen and oxygen atoms in total. The smallest absolute Gasteiger partial charge is 0.243 e. The van der Waals surface area contributed by atoms with Crippen molar-refractivity contribution in [2.24, 2.45) is 5.73 Å². The van der Waals surface area contributed by atoms with Gasteiger partial charge in [0, 0.05) is 23.9 Å². The molecule has 1 aromatic carbocycles. The van der Waals surface area contributed by atoms with Gasteiger partial charge in [0.05, 0.1) is 26.3 Å². The lowest BCUT2D eigenvalue weighted by molar-refractivity contribution is -0.128. The van der Waals surface area contributed by atoms with Crippen molar-refractivity contribution in [2.75, 3.05) is 26.1 Å². The van der Waals surface area contributed by atoms with E-state index in [4.69, 9.17) is 15.2 Å². The molecular formula is C16H25N3O4. The number of anilines is 1. The standard InChI is InChI=1S/C16H25N3O4/c1-5-6-16(2,17)15(21)18-10-14(20)19-11-7-12(22-3)9-13(8-11)23-4/h7-9H,5-6,10,17H2,1-4H3,(H,18,21)(H,19,20). The van der Waals surface area contributed by atoms with Crippen molar-refractivity contribution < 1.29 is 19.1 Å². The van der Waals surface area contributed by atoms with Gasteiger partial charge in [-0.3, -0.25) is 9.59 Å². The zero-order valence-corrected chi connectivity index (χ0v) is 14.1. The van der Waals surface area contributed by atoms with Crippen molar-refractivity contribution in [2.45, 2.75) is 32.2 Å². The minimum atomic E-state index is -0.978. The second-order valence-electron chi connectivity index (χ2n) is 5.50. The van der Waals surface area contributed by atoms with Crippen molar-refractivity contribution in [3.63, 3.8) is 0 Å². The molecule has 23 heavy (non-hydrogen) atoms. The Labute approximate surface area is 136 Å². The number of hydrogen-bond donors (Lipinski definition) is 3. The zero-order valence-electron chi connectivity index (χ0n) is 14.1. The number of methoxy groups -OCH3 is 2. The lowest BCUT2D eigenvalue weighted by atomic mass is 9.96. The Morgan fingerprint density at radius 1 is 1.17 bits per heavy atom. The van der Waals surface area contributed by atoms with E-state index in [1.165, 1.54) is 14.2 Å². The number of carbonyl (C=O) groups is 2. The molecule has 0 saturated heterocycles. The van der Waals surface area contributed by atoms with Gasteiger partial charge in [-0.25, -0.2) is 0 Å². The van der Waals surface area contributed by atoms with Gasteiger partial charge in [0.1, 0.15) is 11.5 Å². The highest BCUT2D eigenvalue weighted by molar-refractivity contribution is 5.96. The summed E-state index contributed by atoms with van der Waals surface area (Å²) in [6, 6.07) is 5.01. The molecule has 0 aliphatic rings. The van der Waals surface area contributed by atoms with E-state index < -0.39 is 5.54 Å². The second kappa shape index (κ2) is 8.38. The van der Waals surface area contributed by atoms with Crippen LogP contribution in [0.4, 0.5) is 5.69 Å². The molecule has 0 saturated carbocycles. The van der Waals surface area contributed by atoms with E-state index in [1.807, 2.05) is 6.92 Å². The van der Waals surface area contributed by atoms with Crippen molar-refractivity contribution >= 4 is 17.5 Å². The van der Waals surface area contributed by atoms with E-state index in [-0.39, 0.29) is 18.4 Å². The minimum absolute atomic E-state index is 0.158. The number of hydrogen-bond acceptors (Lipinski definition) is 5. The van der Waals surface area contributed by atoms with Gasteiger partial charge in [-0.15, -0.1) is 0 Å². The maximum Gasteiger partial charge on any atom is 0.243 e. The van der Waals surface area contributed by atoms with Gasteiger partial charge in [0.25, 0.3) is 0 Å². The summed E-state index contributed by atoms with van der Waals surface area (Å²) in [7, 11) is 3.05. The maximum absolute atomic E-state index is 12.0. The van der Waals surface area contributed by atoms with Crippen molar-refractivity contribution in [3.8, 4) is 11.5 Å². The van der Waals surface area contributed by atoms with E-state index in [2.05, 4.69) is 10.6 Å². The molecular weight excluding hydrogens is 298 g/mol. The Morgan fingerprint density at radius 3 is 2.22 bits per heavy atom. The number of rotatable bonds is 8. The molecule has 0 aliphatic carbocycles. The van der Waals surface area contributed by atoms with Crippen LogP contribution < -0.4 is 25.8 Å². The van der Waals surface area contributed by atoms with E-state index in [9.17, 15) is 9.59 Å². The molecule has 0 aliphatic heterocycles. The van der Waals surface area contributed by atoms with Gasteiger partial charge in [-0.05, 0) is 13.3 Å². The van der Waals surface area contributed by atoms with Crippen LogP contribution in [0.15, 0.2) is 18.2 Å². The second-order valence-corrected chi connectivity index (χ2v) is 5.50. The topological polar surface area (TPSA) is 103 Å². The SMILES string of the molecule is CCCC(C)(N)C(=O)NCC(=O)Nc1cc(OC)cc(OC)c1. The molecule has 0 heterocycles. The Kier molecular flexibility index (Phi) is 6.84. The number of carbonyl (C=O) groups excluding carboxylic acids is 2. The van der Waals surface area contributed by atoms with Crippen molar-refractivity contribution in [3.05, 3.63) is 18.2 Å². The molecule has 1 rings (SSSR count). The summed E-state index contributed by atoms with van der Waals surface area (Å²) in [4.78, 5) is 23.9. The fourth-order valence-electron chi connectivity index (χ4n) is 2.08. The number of nitrogens with one attached hydrogen (secondary N) is 2. The summed E-state index contributed by atoms with van der Waals surface area (Å²) in [6.07, 6.45) is 1.34. The molecule has 1 atom stereocenters. The predicted molar refractivity (Wildman–Crippen MR) is 88.7 cm³/mol. The number of ether oxygens (including phenoxy) is 2. The summed E-state index contributed by atoms with van der Waals surface area (Å²) in [5.74, 6) is 0.404. The molecule has 0 bridgehead atoms. The Hall–Kier alpha value is -2.28. The molecule has 0 fully saturated rings. The van der Waals surface area contributed by atoms with Crippen LogP contribution in [0.25, 0.3) is 0 Å². The number of benzene rings is 1. The van der Waals surface area contributed by atoms with Gasteiger partial charge in [0.15, 0.2) is 0 Å². The third-order valence-electron chi connectivity index (χ3n) is 3.33. The summed E-state index contributed by atoms with van der Waals surface area (Å²) in [5, 5.41) is 5.22. The summed E-state index contributed by atoms with van der Waals surface area (Å²) in [6.45, 7) is 3.44. The van der Waals surface area contributed by atoms with E-state index in [0.717, 1.165) is 6.42 Å². The zero-order chi connectivity index (χ0) is 17.5. The summed E-state index contributed by atoms with van der Waals surface area (Å²) in [5.41, 5.74) is 5.45. The van der Waals surface area contributed by atoms with Gasteiger partial charge < -0.3 is 25.8 Å². The molecule has 2 amide bonds. The van der Waals surface area contributed by atoms with Crippen LogP contribution in [0.1, 0.15) is 26.7 Å². The lowest BCUT2D eigenvalue weighted by Crippen LogP contribution is -2.52. The normalized spacial score (nSPS) is 12.9. The van der Waals surface area contributed by atoms with Crippen LogP contribution in [-0.2, 0) is 9.59 Å². The van der Waals surface area contributed by atoms with E-state index in [0.29, 0.717) is 23.6 Å². The lowest BCUT2D eigenvalue weighted by Gasteiger charge is -2.22. The fourth-order valence-corrected chi connectivity index (χ4v) is 2.08. The average Bonchev–Trinajstić information content (AvgIpc) is 2.51. The Morgan fingerprint density at radius 2 is 1.74 bits per heavy atom. The molecule has 0 spiro atoms.